The fourth-order valence-electron chi connectivity index (χ4n) is 1.45. The minimum Gasteiger partial charge on any atom is -0.494 e. The first-order valence-corrected chi connectivity index (χ1v) is 4.89. The standard InChI is InChI=1S/C11H12F4O2/c1-17-10-3-2-7(5-9(10)12)4-8(16)6-11(13,14)15/h2-3,5,8,16H,4,6H2,1H3. The third kappa shape index (κ3) is 4.60. The van der Waals surface area contributed by atoms with Crippen molar-refractivity contribution in [1.82, 2.24) is 0 Å². The zero-order chi connectivity index (χ0) is 13.1. The van der Waals surface area contributed by atoms with Crippen LogP contribution in [0.4, 0.5) is 17.6 Å². The lowest BCUT2D eigenvalue weighted by atomic mass is 10.1. The molecule has 0 amide bonds. The molecule has 2 nitrogen and oxygen atoms in total. The Bertz CT molecular complexity index is 376. The molecule has 0 aliphatic heterocycles. The molecular weight excluding hydrogens is 240 g/mol. The number of benzene rings is 1. The van der Waals surface area contributed by atoms with Crippen LogP contribution in [0.15, 0.2) is 18.2 Å². The van der Waals surface area contributed by atoms with Gasteiger partial charge in [0.1, 0.15) is 0 Å². The van der Waals surface area contributed by atoms with E-state index in [0.717, 1.165) is 6.07 Å². The molecular formula is C11H12F4O2. The predicted octanol–water partition coefficient (Wildman–Crippen LogP) is 2.69. The maximum absolute atomic E-state index is 13.2. The van der Waals surface area contributed by atoms with E-state index in [1.807, 2.05) is 0 Å². The van der Waals surface area contributed by atoms with Crippen molar-refractivity contribution in [3.05, 3.63) is 29.6 Å². The summed E-state index contributed by atoms with van der Waals surface area (Å²) in [5.41, 5.74) is 0.292. The molecule has 0 saturated carbocycles. The van der Waals surface area contributed by atoms with Gasteiger partial charge in [0.2, 0.25) is 0 Å². The highest BCUT2D eigenvalue weighted by atomic mass is 19.4. The number of hydrogen-bond donors (Lipinski definition) is 1. The average Bonchev–Trinajstić information content (AvgIpc) is 2.14. The number of aliphatic hydroxyl groups is 1. The van der Waals surface area contributed by atoms with Crippen LogP contribution in [-0.4, -0.2) is 24.5 Å². The lowest BCUT2D eigenvalue weighted by molar-refractivity contribution is -0.153. The molecule has 1 rings (SSSR count). The van der Waals surface area contributed by atoms with Crippen LogP contribution in [0.1, 0.15) is 12.0 Å². The largest absolute Gasteiger partial charge is 0.494 e. The van der Waals surface area contributed by atoms with Crippen molar-refractivity contribution in [2.75, 3.05) is 7.11 Å². The molecule has 1 aromatic carbocycles. The van der Waals surface area contributed by atoms with Crippen molar-refractivity contribution < 1.29 is 27.4 Å². The van der Waals surface area contributed by atoms with Crippen LogP contribution in [-0.2, 0) is 6.42 Å². The van der Waals surface area contributed by atoms with E-state index in [2.05, 4.69) is 4.74 Å². The van der Waals surface area contributed by atoms with E-state index in [1.54, 1.807) is 0 Å². The Morgan fingerprint density at radius 1 is 1.35 bits per heavy atom. The number of aliphatic hydroxyl groups excluding tert-OH is 1. The van der Waals surface area contributed by atoms with Crippen molar-refractivity contribution in [3.63, 3.8) is 0 Å². The molecule has 0 aliphatic rings. The number of alkyl halides is 3. The van der Waals surface area contributed by atoms with E-state index in [1.165, 1.54) is 19.2 Å². The third-order valence-corrected chi connectivity index (χ3v) is 2.15. The minimum atomic E-state index is -4.43. The third-order valence-electron chi connectivity index (χ3n) is 2.15. The van der Waals surface area contributed by atoms with Crippen molar-refractivity contribution in [2.45, 2.75) is 25.1 Å². The van der Waals surface area contributed by atoms with Crippen LogP contribution in [0, 0.1) is 5.82 Å². The Morgan fingerprint density at radius 3 is 2.47 bits per heavy atom. The van der Waals surface area contributed by atoms with Gasteiger partial charge in [0, 0.05) is 0 Å². The number of halogens is 4. The quantitative estimate of drug-likeness (QED) is 0.835. The van der Waals surface area contributed by atoms with E-state index >= 15 is 0 Å². The van der Waals surface area contributed by atoms with Gasteiger partial charge in [-0.3, -0.25) is 0 Å². The van der Waals surface area contributed by atoms with Gasteiger partial charge in [-0.2, -0.15) is 13.2 Å². The molecule has 0 radical (unpaired) electrons. The molecule has 0 saturated heterocycles. The number of rotatable bonds is 4. The van der Waals surface area contributed by atoms with Crippen molar-refractivity contribution in [2.24, 2.45) is 0 Å². The molecule has 0 aliphatic carbocycles. The Morgan fingerprint density at radius 2 is 2.00 bits per heavy atom. The Labute approximate surface area is 95.8 Å². The fourth-order valence-corrected chi connectivity index (χ4v) is 1.45. The van der Waals surface area contributed by atoms with Gasteiger partial charge in [-0.05, 0) is 24.1 Å². The monoisotopic (exact) mass is 252 g/mol. The van der Waals surface area contributed by atoms with Crippen molar-refractivity contribution in [3.8, 4) is 5.75 Å². The summed E-state index contributed by atoms with van der Waals surface area (Å²) in [6.45, 7) is 0. The highest BCUT2D eigenvalue weighted by molar-refractivity contribution is 5.29. The van der Waals surface area contributed by atoms with E-state index < -0.39 is 24.5 Å². The minimum absolute atomic E-state index is 0.0130. The van der Waals surface area contributed by atoms with E-state index in [4.69, 9.17) is 0 Å². The topological polar surface area (TPSA) is 29.5 Å². The van der Waals surface area contributed by atoms with Gasteiger partial charge in [0.05, 0.1) is 19.6 Å². The number of methoxy groups -OCH3 is 1. The molecule has 0 spiro atoms. The molecule has 0 aromatic heterocycles. The van der Waals surface area contributed by atoms with Crippen LogP contribution in [0.2, 0.25) is 0 Å². The number of ether oxygens (including phenoxy) is 1. The van der Waals surface area contributed by atoms with Gasteiger partial charge in [-0.25, -0.2) is 4.39 Å². The van der Waals surface area contributed by atoms with Crippen molar-refractivity contribution in [1.29, 1.82) is 0 Å². The summed E-state index contributed by atoms with van der Waals surface area (Å²) >= 11 is 0. The smallest absolute Gasteiger partial charge is 0.391 e. The molecule has 0 heterocycles. The van der Waals surface area contributed by atoms with E-state index in [9.17, 15) is 22.7 Å². The predicted molar refractivity (Wildman–Crippen MR) is 53.3 cm³/mol. The van der Waals surface area contributed by atoms with Crippen molar-refractivity contribution >= 4 is 0 Å². The lowest BCUT2D eigenvalue weighted by Gasteiger charge is -2.13. The second kappa shape index (κ2) is 5.35. The normalized spacial score (nSPS) is 13.5. The zero-order valence-corrected chi connectivity index (χ0v) is 9.09. The van der Waals surface area contributed by atoms with Crippen LogP contribution in [0.5, 0.6) is 5.75 Å². The summed E-state index contributed by atoms with van der Waals surface area (Å²) in [5.74, 6) is -0.650. The van der Waals surface area contributed by atoms with Gasteiger partial charge in [0.15, 0.2) is 11.6 Å². The maximum atomic E-state index is 13.2. The van der Waals surface area contributed by atoms with E-state index in [-0.39, 0.29) is 12.2 Å². The summed E-state index contributed by atoms with van der Waals surface area (Å²) in [5, 5.41) is 9.18. The molecule has 17 heavy (non-hydrogen) atoms. The Balaban J connectivity index is 2.66. The molecule has 0 fully saturated rings. The summed E-state index contributed by atoms with van der Waals surface area (Å²) in [4.78, 5) is 0. The highest BCUT2D eigenvalue weighted by Crippen LogP contribution is 2.24. The van der Waals surface area contributed by atoms with Crippen LogP contribution in [0.25, 0.3) is 0 Å². The molecule has 1 N–H and O–H groups in total. The fraction of sp³-hybridized carbons (Fsp3) is 0.455. The zero-order valence-electron chi connectivity index (χ0n) is 9.09. The van der Waals surface area contributed by atoms with Crippen LogP contribution >= 0.6 is 0 Å². The molecule has 1 atom stereocenters. The van der Waals surface area contributed by atoms with Crippen LogP contribution < -0.4 is 4.74 Å². The Hall–Kier alpha value is -1.30. The molecule has 1 aromatic rings. The Kier molecular flexibility index (Phi) is 4.34. The highest BCUT2D eigenvalue weighted by Gasteiger charge is 2.31. The molecule has 1 unspecified atom stereocenters. The first-order valence-electron chi connectivity index (χ1n) is 4.89. The first kappa shape index (κ1) is 13.8. The molecule has 6 heteroatoms. The average molecular weight is 252 g/mol. The second-order valence-electron chi connectivity index (χ2n) is 3.65. The SMILES string of the molecule is COc1ccc(CC(O)CC(F)(F)F)cc1F. The van der Waals surface area contributed by atoms with Gasteiger partial charge < -0.3 is 9.84 Å². The van der Waals surface area contributed by atoms with Gasteiger partial charge in [0.25, 0.3) is 0 Å². The maximum Gasteiger partial charge on any atom is 0.391 e. The number of hydrogen-bond acceptors (Lipinski definition) is 2. The van der Waals surface area contributed by atoms with Gasteiger partial charge in [-0.1, -0.05) is 6.07 Å². The molecule has 96 valence electrons. The summed E-state index contributed by atoms with van der Waals surface area (Å²) in [7, 11) is 1.29. The van der Waals surface area contributed by atoms with Gasteiger partial charge in [-0.15, -0.1) is 0 Å². The molecule has 0 bridgehead atoms. The summed E-state index contributed by atoms with van der Waals surface area (Å²) in [6, 6.07) is 3.78. The first-order chi connectivity index (χ1) is 7.81. The van der Waals surface area contributed by atoms with E-state index in [0.29, 0.717) is 5.56 Å². The summed E-state index contributed by atoms with van der Waals surface area (Å²) < 4.78 is 53.7. The lowest BCUT2D eigenvalue weighted by Crippen LogP contribution is -2.21. The summed E-state index contributed by atoms with van der Waals surface area (Å²) in [6.07, 6.45) is -7.55. The second-order valence-corrected chi connectivity index (χ2v) is 3.65. The van der Waals surface area contributed by atoms with Crippen LogP contribution in [0.3, 0.4) is 0 Å². The van der Waals surface area contributed by atoms with Gasteiger partial charge >= 0.3 is 6.18 Å².